The molecule has 154 valence electrons. The summed E-state index contributed by atoms with van der Waals surface area (Å²) in [6.45, 7) is 3.26. The number of nitrogens with zero attached hydrogens (tertiary/aromatic N) is 2. The Morgan fingerprint density at radius 1 is 1.20 bits per heavy atom. The number of benzene rings is 1. The zero-order chi connectivity index (χ0) is 21.9. The molecule has 5 nitrogen and oxygen atoms in total. The molecule has 0 spiro atoms. The smallest absolute Gasteiger partial charge is 0.368 e. The minimum absolute atomic E-state index is 0.0760. The van der Waals surface area contributed by atoms with Gasteiger partial charge in [0.15, 0.2) is 0 Å². The normalized spacial score (nSPS) is 18.2. The Labute approximate surface area is 171 Å². The number of aryl methyl sites for hydroxylation is 1. The van der Waals surface area contributed by atoms with Gasteiger partial charge in [-0.25, -0.2) is 9.97 Å². The number of allylic oxidation sites excluding steroid dienone is 3. The maximum absolute atomic E-state index is 13.2. The van der Waals surface area contributed by atoms with Crippen LogP contribution in [-0.2, 0) is 4.79 Å². The van der Waals surface area contributed by atoms with Gasteiger partial charge in [-0.1, -0.05) is 43.1 Å². The number of amides is 1. The van der Waals surface area contributed by atoms with Crippen LogP contribution in [0.5, 0.6) is 0 Å². The number of hydrogen-bond acceptors (Lipinski definition) is 4. The van der Waals surface area contributed by atoms with Gasteiger partial charge in [0.1, 0.15) is 0 Å². The number of hydrogen-bond donors (Lipinski definition) is 2. The Morgan fingerprint density at radius 2 is 1.90 bits per heavy atom. The van der Waals surface area contributed by atoms with Crippen molar-refractivity contribution in [3.8, 4) is 11.8 Å². The molecule has 0 radical (unpaired) electrons. The van der Waals surface area contributed by atoms with Crippen LogP contribution in [-0.4, -0.2) is 22.1 Å². The molecule has 2 atom stereocenters. The number of anilines is 2. The SMILES string of the molecule is Cc1ccc(NC(=O)C2=CC=CC(C(F)(F)F)C2C)cc1C#Cc1cnc(N)nc1. The molecule has 0 saturated heterocycles. The zero-order valence-corrected chi connectivity index (χ0v) is 16.3. The molecule has 0 saturated carbocycles. The highest BCUT2D eigenvalue weighted by Crippen LogP contribution is 2.38. The van der Waals surface area contributed by atoms with E-state index in [9.17, 15) is 18.0 Å². The average Bonchev–Trinajstić information content (AvgIpc) is 2.68. The van der Waals surface area contributed by atoms with Crippen LogP contribution in [0, 0.1) is 30.6 Å². The van der Waals surface area contributed by atoms with E-state index < -0.39 is 23.9 Å². The van der Waals surface area contributed by atoms with E-state index in [2.05, 4.69) is 27.1 Å². The van der Waals surface area contributed by atoms with Crippen LogP contribution in [0.1, 0.15) is 23.6 Å². The minimum Gasteiger partial charge on any atom is -0.368 e. The maximum atomic E-state index is 13.2. The zero-order valence-electron chi connectivity index (χ0n) is 16.3. The van der Waals surface area contributed by atoms with Gasteiger partial charge in [-0.15, -0.1) is 0 Å². The van der Waals surface area contributed by atoms with Crippen molar-refractivity contribution in [1.29, 1.82) is 0 Å². The fraction of sp³-hybridized carbons (Fsp3) is 0.227. The van der Waals surface area contributed by atoms with E-state index >= 15 is 0 Å². The molecule has 0 fully saturated rings. The largest absolute Gasteiger partial charge is 0.395 e. The predicted molar refractivity (Wildman–Crippen MR) is 108 cm³/mol. The summed E-state index contributed by atoms with van der Waals surface area (Å²) >= 11 is 0. The van der Waals surface area contributed by atoms with Gasteiger partial charge in [0.05, 0.1) is 11.5 Å². The third-order valence-electron chi connectivity index (χ3n) is 4.77. The standard InChI is InChI=1S/C22H19F3N4O/c1-13-6-9-17(10-16(13)8-7-15-11-27-21(26)28-12-15)29-20(30)18-4-3-5-19(14(18)2)22(23,24)25/h3-6,9-12,14,19H,1-2H3,(H,29,30)(H2,26,27,28). The number of carbonyl (C=O) groups is 1. The maximum Gasteiger partial charge on any atom is 0.395 e. The van der Waals surface area contributed by atoms with E-state index in [1.807, 2.05) is 6.92 Å². The lowest BCUT2D eigenvalue weighted by Crippen LogP contribution is -2.33. The third kappa shape index (κ3) is 4.87. The molecular weight excluding hydrogens is 393 g/mol. The van der Waals surface area contributed by atoms with E-state index in [0.29, 0.717) is 16.8 Å². The summed E-state index contributed by atoms with van der Waals surface area (Å²) in [4.78, 5) is 20.3. The number of nitrogens with two attached hydrogens (primary N) is 1. The first kappa shape index (κ1) is 21.1. The molecule has 1 aromatic carbocycles. The lowest BCUT2D eigenvalue weighted by molar-refractivity contribution is -0.170. The Morgan fingerprint density at radius 3 is 2.57 bits per heavy atom. The van der Waals surface area contributed by atoms with Crippen LogP contribution in [0.2, 0.25) is 0 Å². The molecule has 1 aliphatic rings. The molecule has 1 heterocycles. The molecular formula is C22H19F3N4O. The number of rotatable bonds is 2. The quantitative estimate of drug-likeness (QED) is 0.731. The first-order valence-corrected chi connectivity index (χ1v) is 9.12. The first-order valence-electron chi connectivity index (χ1n) is 9.12. The van der Waals surface area contributed by atoms with Crippen molar-refractivity contribution in [3.63, 3.8) is 0 Å². The highest BCUT2D eigenvalue weighted by Gasteiger charge is 2.44. The number of nitrogens with one attached hydrogen (secondary N) is 1. The average molecular weight is 412 g/mol. The van der Waals surface area contributed by atoms with Crippen LogP contribution in [0.15, 0.2) is 54.4 Å². The van der Waals surface area contributed by atoms with Crippen molar-refractivity contribution in [3.05, 3.63) is 71.1 Å². The van der Waals surface area contributed by atoms with Gasteiger partial charge in [0, 0.05) is 35.1 Å². The minimum atomic E-state index is -4.41. The van der Waals surface area contributed by atoms with Gasteiger partial charge in [-0.3, -0.25) is 4.79 Å². The Kier molecular flexibility index (Phi) is 5.92. The van der Waals surface area contributed by atoms with E-state index in [-0.39, 0.29) is 11.5 Å². The fourth-order valence-corrected chi connectivity index (χ4v) is 3.05. The van der Waals surface area contributed by atoms with Gasteiger partial charge in [0.2, 0.25) is 5.95 Å². The van der Waals surface area contributed by atoms with Gasteiger partial charge < -0.3 is 11.1 Å². The van der Waals surface area contributed by atoms with Crippen LogP contribution >= 0.6 is 0 Å². The summed E-state index contributed by atoms with van der Waals surface area (Å²) in [5.74, 6) is 2.80. The Balaban J connectivity index is 1.79. The van der Waals surface area contributed by atoms with E-state index in [4.69, 9.17) is 5.73 Å². The molecule has 30 heavy (non-hydrogen) atoms. The lowest BCUT2D eigenvalue weighted by Gasteiger charge is -2.27. The predicted octanol–water partition coefficient (Wildman–Crippen LogP) is 4.02. The summed E-state index contributed by atoms with van der Waals surface area (Å²) in [7, 11) is 0. The summed E-state index contributed by atoms with van der Waals surface area (Å²) in [6.07, 6.45) is 2.35. The van der Waals surface area contributed by atoms with E-state index in [1.54, 1.807) is 18.2 Å². The van der Waals surface area contributed by atoms with E-state index in [1.165, 1.54) is 31.5 Å². The van der Waals surface area contributed by atoms with Crippen molar-refractivity contribution in [2.75, 3.05) is 11.1 Å². The summed E-state index contributed by atoms with van der Waals surface area (Å²) in [5.41, 5.74) is 8.07. The van der Waals surface area contributed by atoms with Crippen molar-refractivity contribution in [2.24, 2.45) is 11.8 Å². The number of carbonyl (C=O) groups excluding carboxylic acids is 1. The van der Waals surface area contributed by atoms with Crippen LogP contribution in [0.25, 0.3) is 0 Å². The summed E-state index contributed by atoms with van der Waals surface area (Å²) in [6, 6.07) is 5.12. The molecule has 2 aromatic rings. The summed E-state index contributed by atoms with van der Waals surface area (Å²) in [5, 5.41) is 2.67. The van der Waals surface area contributed by atoms with Gasteiger partial charge in [0.25, 0.3) is 5.91 Å². The van der Waals surface area contributed by atoms with Crippen LogP contribution in [0.4, 0.5) is 24.8 Å². The van der Waals surface area contributed by atoms with Gasteiger partial charge >= 0.3 is 6.18 Å². The number of aromatic nitrogens is 2. The fourth-order valence-electron chi connectivity index (χ4n) is 3.05. The second-order valence-electron chi connectivity index (χ2n) is 6.93. The Bertz CT molecular complexity index is 1080. The number of halogens is 3. The molecule has 1 amide bonds. The molecule has 1 aliphatic carbocycles. The molecule has 3 N–H and O–H groups in total. The second-order valence-corrected chi connectivity index (χ2v) is 6.93. The van der Waals surface area contributed by atoms with Crippen LogP contribution < -0.4 is 11.1 Å². The molecule has 1 aromatic heterocycles. The lowest BCUT2D eigenvalue weighted by atomic mass is 9.82. The van der Waals surface area contributed by atoms with E-state index in [0.717, 1.165) is 11.6 Å². The molecule has 8 heteroatoms. The molecule has 0 aliphatic heterocycles. The Hall–Kier alpha value is -3.60. The van der Waals surface area contributed by atoms with Gasteiger partial charge in [-0.05, 0) is 24.6 Å². The second kappa shape index (κ2) is 8.41. The number of alkyl halides is 3. The van der Waals surface area contributed by atoms with Crippen molar-refractivity contribution in [2.45, 2.75) is 20.0 Å². The highest BCUT2D eigenvalue weighted by molar-refractivity contribution is 6.04. The first-order chi connectivity index (χ1) is 14.1. The molecule has 3 rings (SSSR count). The van der Waals surface area contributed by atoms with Crippen molar-refractivity contribution < 1.29 is 18.0 Å². The highest BCUT2D eigenvalue weighted by atomic mass is 19.4. The van der Waals surface area contributed by atoms with Crippen LogP contribution in [0.3, 0.4) is 0 Å². The topological polar surface area (TPSA) is 80.9 Å². The summed E-state index contributed by atoms with van der Waals surface area (Å²) < 4.78 is 39.5. The number of nitrogen functional groups attached to an aromatic ring is 1. The molecule has 0 bridgehead atoms. The van der Waals surface area contributed by atoms with Crippen molar-refractivity contribution >= 4 is 17.5 Å². The third-order valence-corrected chi connectivity index (χ3v) is 4.77. The molecule has 2 unspecified atom stereocenters. The van der Waals surface area contributed by atoms with Crippen molar-refractivity contribution in [1.82, 2.24) is 9.97 Å². The van der Waals surface area contributed by atoms with Gasteiger partial charge in [-0.2, -0.15) is 13.2 Å². The monoisotopic (exact) mass is 412 g/mol.